The predicted octanol–water partition coefficient (Wildman–Crippen LogP) is 1.15. The van der Waals surface area contributed by atoms with Crippen LogP contribution in [0.5, 0.6) is 0 Å². The fourth-order valence-corrected chi connectivity index (χ4v) is 1.27. The van der Waals surface area contributed by atoms with Crippen LogP contribution in [0.4, 0.5) is 5.69 Å². The number of aliphatic hydroxyl groups excluding tert-OH is 1. The number of carbonyl (C=O) groups is 1. The number of hydrogen-bond acceptors (Lipinski definition) is 3. The van der Waals surface area contributed by atoms with Gasteiger partial charge in [0.15, 0.2) is 0 Å². The Balaban J connectivity index is 2.06. The van der Waals surface area contributed by atoms with Gasteiger partial charge in [0, 0.05) is 11.9 Å². The van der Waals surface area contributed by atoms with Crippen LogP contribution in [-0.4, -0.2) is 21.2 Å². The van der Waals surface area contributed by atoms with Crippen LogP contribution >= 0.6 is 0 Å². The van der Waals surface area contributed by atoms with Crippen molar-refractivity contribution in [3.05, 3.63) is 47.8 Å². The van der Waals surface area contributed by atoms with E-state index in [9.17, 15) is 4.79 Å². The van der Waals surface area contributed by atoms with Gasteiger partial charge in [0.2, 0.25) is 0 Å². The maximum absolute atomic E-state index is 11.6. The highest BCUT2D eigenvalue weighted by molar-refractivity contribution is 6.03. The molecule has 0 saturated carbocycles. The molecule has 0 unspecified atom stereocenters. The highest BCUT2D eigenvalue weighted by Crippen LogP contribution is 2.10. The molecule has 1 amide bonds. The maximum Gasteiger partial charge on any atom is 0.258 e. The standard InChI is InChI=1S/C11H11N3O2/c15-7-8-1-3-10(4-2-8)14-11(16)9-5-12-13-6-9/h1-6,15H,7H2,(H,12,13)(H,14,16). The Kier molecular flexibility index (Phi) is 2.98. The Labute approximate surface area is 92.1 Å². The lowest BCUT2D eigenvalue weighted by Crippen LogP contribution is -2.10. The Morgan fingerprint density at radius 2 is 2.12 bits per heavy atom. The zero-order valence-electron chi connectivity index (χ0n) is 8.47. The number of hydrogen-bond donors (Lipinski definition) is 3. The molecule has 3 N–H and O–H groups in total. The molecular weight excluding hydrogens is 206 g/mol. The van der Waals surface area contributed by atoms with Gasteiger partial charge in [-0.25, -0.2) is 0 Å². The molecule has 82 valence electrons. The van der Waals surface area contributed by atoms with Crippen molar-refractivity contribution in [3.8, 4) is 0 Å². The Hall–Kier alpha value is -2.14. The molecule has 0 spiro atoms. The van der Waals surface area contributed by atoms with Crippen LogP contribution in [0.2, 0.25) is 0 Å². The molecule has 5 nitrogen and oxygen atoms in total. The van der Waals surface area contributed by atoms with Crippen molar-refractivity contribution in [2.45, 2.75) is 6.61 Å². The molecule has 0 atom stereocenters. The van der Waals surface area contributed by atoms with E-state index in [1.807, 2.05) is 0 Å². The molecule has 0 fully saturated rings. The topological polar surface area (TPSA) is 78.0 Å². The number of anilines is 1. The zero-order chi connectivity index (χ0) is 11.4. The van der Waals surface area contributed by atoms with Crippen LogP contribution in [0.1, 0.15) is 15.9 Å². The fourth-order valence-electron chi connectivity index (χ4n) is 1.27. The maximum atomic E-state index is 11.6. The van der Waals surface area contributed by atoms with E-state index in [0.29, 0.717) is 11.3 Å². The van der Waals surface area contributed by atoms with Gasteiger partial charge in [-0.1, -0.05) is 12.1 Å². The molecule has 0 aliphatic heterocycles. The van der Waals surface area contributed by atoms with Crippen molar-refractivity contribution < 1.29 is 9.90 Å². The van der Waals surface area contributed by atoms with Crippen LogP contribution < -0.4 is 5.32 Å². The van der Waals surface area contributed by atoms with Gasteiger partial charge in [-0.2, -0.15) is 5.10 Å². The molecule has 0 aliphatic rings. The van der Waals surface area contributed by atoms with Crippen molar-refractivity contribution in [3.63, 3.8) is 0 Å². The van der Waals surface area contributed by atoms with Crippen molar-refractivity contribution in [1.29, 1.82) is 0 Å². The van der Waals surface area contributed by atoms with Crippen LogP contribution in [0.3, 0.4) is 0 Å². The second-order valence-corrected chi connectivity index (χ2v) is 3.30. The normalized spacial score (nSPS) is 10.1. The van der Waals surface area contributed by atoms with Gasteiger partial charge in [-0.15, -0.1) is 0 Å². The van der Waals surface area contributed by atoms with Gasteiger partial charge in [0.05, 0.1) is 18.4 Å². The average molecular weight is 217 g/mol. The monoisotopic (exact) mass is 217 g/mol. The van der Waals surface area contributed by atoms with Crippen LogP contribution in [0.15, 0.2) is 36.7 Å². The number of nitrogens with one attached hydrogen (secondary N) is 2. The molecule has 2 aromatic rings. The van der Waals surface area contributed by atoms with Gasteiger partial charge in [-0.3, -0.25) is 9.89 Å². The summed E-state index contributed by atoms with van der Waals surface area (Å²) in [5.41, 5.74) is 1.97. The van der Waals surface area contributed by atoms with Crippen molar-refractivity contribution >= 4 is 11.6 Å². The van der Waals surface area contributed by atoms with E-state index in [0.717, 1.165) is 5.56 Å². The minimum Gasteiger partial charge on any atom is -0.392 e. The number of nitrogens with zero attached hydrogens (tertiary/aromatic N) is 1. The van der Waals surface area contributed by atoms with E-state index < -0.39 is 0 Å². The van der Waals surface area contributed by atoms with E-state index >= 15 is 0 Å². The summed E-state index contributed by atoms with van der Waals surface area (Å²) in [6.07, 6.45) is 2.98. The molecule has 0 aliphatic carbocycles. The van der Waals surface area contributed by atoms with Gasteiger partial charge in [0.25, 0.3) is 5.91 Å². The molecule has 5 heteroatoms. The Morgan fingerprint density at radius 3 is 2.69 bits per heavy atom. The molecule has 1 aromatic carbocycles. The minimum absolute atomic E-state index is 0.00401. The van der Waals surface area contributed by atoms with E-state index in [-0.39, 0.29) is 12.5 Å². The summed E-state index contributed by atoms with van der Waals surface area (Å²) >= 11 is 0. The van der Waals surface area contributed by atoms with Crippen molar-refractivity contribution in [2.24, 2.45) is 0 Å². The number of amides is 1. The van der Waals surface area contributed by atoms with Gasteiger partial charge >= 0.3 is 0 Å². The highest BCUT2D eigenvalue weighted by atomic mass is 16.3. The Morgan fingerprint density at radius 1 is 1.38 bits per heavy atom. The first kappa shape index (κ1) is 10.4. The predicted molar refractivity (Wildman–Crippen MR) is 58.9 cm³/mol. The van der Waals surface area contributed by atoms with E-state index in [4.69, 9.17) is 5.11 Å². The van der Waals surface area contributed by atoms with Gasteiger partial charge in [-0.05, 0) is 17.7 Å². The first-order valence-corrected chi connectivity index (χ1v) is 4.79. The molecule has 0 saturated heterocycles. The SMILES string of the molecule is O=C(Nc1ccc(CO)cc1)c1cn[nH]c1. The van der Waals surface area contributed by atoms with Crippen LogP contribution in [0, 0.1) is 0 Å². The first-order valence-electron chi connectivity index (χ1n) is 4.79. The number of aromatic nitrogens is 2. The summed E-state index contributed by atoms with van der Waals surface area (Å²) in [6, 6.07) is 6.99. The molecule has 1 heterocycles. The summed E-state index contributed by atoms with van der Waals surface area (Å²) in [5, 5.41) is 17.8. The molecule has 0 radical (unpaired) electrons. The van der Waals surface area contributed by atoms with Gasteiger partial charge in [0.1, 0.15) is 0 Å². The van der Waals surface area contributed by atoms with Crippen molar-refractivity contribution in [2.75, 3.05) is 5.32 Å². The summed E-state index contributed by atoms with van der Waals surface area (Å²) < 4.78 is 0. The smallest absolute Gasteiger partial charge is 0.258 e. The average Bonchev–Trinajstić information content (AvgIpc) is 2.83. The van der Waals surface area contributed by atoms with Crippen molar-refractivity contribution in [1.82, 2.24) is 10.2 Å². The number of aromatic amines is 1. The summed E-state index contributed by atoms with van der Waals surface area (Å²) in [4.78, 5) is 11.6. The summed E-state index contributed by atoms with van der Waals surface area (Å²) in [5.74, 6) is -0.217. The van der Waals surface area contributed by atoms with Gasteiger partial charge < -0.3 is 10.4 Å². The minimum atomic E-state index is -0.217. The lowest BCUT2D eigenvalue weighted by Gasteiger charge is -2.03. The lowest BCUT2D eigenvalue weighted by atomic mass is 10.2. The van der Waals surface area contributed by atoms with E-state index in [1.165, 1.54) is 12.4 Å². The first-order chi connectivity index (χ1) is 7.79. The number of aliphatic hydroxyl groups is 1. The molecular formula is C11H11N3O2. The zero-order valence-corrected chi connectivity index (χ0v) is 8.47. The molecule has 1 aromatic heterocycles. The second kappa shape index (κ2) is 4.59. The molecule has 16 heavy (non-hydrogen) atoms. The third-order valence-electron chi connectivity index (χ3n) is 2.15. The van der Waals surface area contributed by atoms with E-state index in [1.54, 1.807) is 24.3 Å². The fraction of sp³-hybridized carbons (Fsp3) is 0.0909. The number of H-pyrrole nitrogens is 1. The number of rotatable bonds is 3. The highest BCUT2D eigenvalue weighted by Gasteiger charge is 2.06. The quantitative estimate of drug-likeness (QED) is 0.721. The third-order valence-corrected chi connectivity index (χ3v) is 2.15. The number of benzene rings is 1. The molecule has 0 bridgehead atoms. The lowest BCUT2D eigenvalue weighted by molar-refractivity contribution is 0.102. The second-order valence-electron chi connectivity index (χ2n) is 3.30. The third kappa shape index (κ3) is 2.26. The molecule has 2 rings (SSSR count). The van der Waals surface area contributed by atoms with Crippen LogP contribution in [0.25, 0.3) is 0 Å². The Bertz CT molecular complexity index is 462. The summed E-state index contributed by atoms with van der Waals surface area (Å²) in [7, 11) is 0. The summed E-state index contributed by atoms with van der Waals surface area (Å²) in [6.45, 7) is -0.00401. The van der Waals surface area contributed by atoms with Crippen LogP contribution in [-0.2, 0) is 6.61 Å². The number of carbonyl (C=O) groups excluding carboxylic acids is 1. The largest absolute Gasteiger partial charge is 0.392 e. The van der Waals surface area contributed by atoms with E-state index in [2.05, 4.69) is 15.5 Å².